The van der Waals surface area contributed by atoms with Crippen molar-refractivity contribution < 1.29 is 4.79 Å². The summed E-state index contributed by atoms with van der Waals surface area (Å²) < 4.78 is 0. The Morgan fingerprint density at radius 2 is 1.81 bits per heavy atom. The summed E-state index contributed by atoms with van der Waals surface area (Å²) in [7, 11) is 1.94. The van der Waals surface area contributed by atoms with E-state index in [9.17, 15) is 4.79 Å². The third-order valence-electron chi connectivity index (χ3n) is 4.42. The summed E-state index contributed by atoms with van der Waals surface area (Å²) in [6.45, 7) is 5.47. The van der Waals surface area contributed by atoms with E-state index in [0.717, 1.165) is 36.9 Å². The van der Waals surface area contributed by atoms with E-state index in [1.165, 1.54) is 6.42 Å². The fourth-order valence-corrected chi connectivity index (χ4v) is 3.55. The minimum Gasteiger partial charge on any atom is -0.349 e. The Hall–Kier alpha value is -1.35. The standard InChI is InChI=1S/C18H28N2O/c1-13-10-14(2)12-16(11-13)20-18(21)17-7-5-4-6-15(17)8-9-19-3/h4-7,13-14,16,19H,8-12H2,1-3H3,(H,20,21). The minimum absolute atomic E-state index is 0.0907. The lowest BCUT2D eigenvalue weighted by Crippen LogP contribution is -2.40. The molecular formula is C18H28N2O. The molecule has 3 heteroatoms. The number of hydrogen-bond donors (Lipinski definition) is 2. The first-order valence-corrected chi connectivity index (χ1v) is 8.13. The van der Waals surface area contributed by atoms with Crippen molar-refractivity contribution in [1.82, 2.24) is 10.6 Å². The number of hydrogen-bond acceptors (Lipinski definition) is 2. The third kappa shape index (κ3) is 4.57. The van der Waals surface area contributed by atoms with Gasteiger partial charge in [0.2, 0.25) is 0 Å². The fourth-order valence-electron chi connectivity index (χ4n) is 3.55. The maximum absolute atomic E-state index is 12.6. The summed E-state index contributed by atoms with van der Waals surface area (Å²) in [6, 6.07) is 8.28. The summed E-state index contributed by atoms with van der Waals surface area (Å²) in [5.74, 6) is 1.50. The Balaban J connectivity index is 2.02. The smallest absolute Gasteiger partial charge is 0.251 e. The highest BCUT2D eigenvalue weighted by Crippen LogP contribution is 2.28. The summed E-state index contributed by atoms with van der Waals surface area (Å²) in [5, 5.41) is 6.40. The number of benzene rings is 1. The summed E-state index contributed by atoms with van der Waals surface area (Å²) in [6.07, 6.45) is 4.38. The molecule has 0 aliphatic heterocycles. The molecule has 1 aromatic rings. The van der Waals surface area contributed by atoms with Crippen molar-refractivity contribution in [3.8, 4) is 0 Å². The van der Waals surface area contributed by atoms with Crippen LogP contribution in [0.25, 0.3) is 0 Å². The topological polar surface area (TPSA) is 41.1 Å². The second kappa shape index (κ2) is 7.60. The van der Waals surface area contributed by atoms with Crippen LogP contribution in [-0.4, -0.2) is 25.5 Å². The Kier molecular flexibility index (Phi) is 5.80. The van der Waals surface area contributed by atoms with Crippen molar-refractivity contribution in [2.24, 2.45) is 11.8 Å². The average Bonchev–Trinajstić information content (AvgIpc) is 2.44. The normalized spacial score (nSPS) is 25.6. The van der Waals surface area contributed by atoms with Gasteiger partial charge in [-0.25, -0.2) is 0 Å². The first kappa shape index (κ1) is 16.0. The molecule has 0 spiro atoms. The van der Waals surface area contributed by atoms with Gasteiger partial charge in [-0.2, -0.15) is 0 Å². The van der Waals surface area contributed by atoms with Crippen LogP contribution in [0.4, 0.5) is 0 Å². The lowest BCUT2D eigenvalue weighted by molar-refractivity contribution is 0.0910. The largest absolute Gasteiger partial charge is 0.349 e. The van der Waals surface area contributed by atoms with Crippen molar-refractivity contribution in [2.75, 3.05) is 13.6 Å². The SMILES string of the molecule is CNCCc1ccccc1C(=O)NC1CC(C)CC(C)C1. The van der Waals surface area contributed by atoms with Crippen LogP contribution in [0.1, 0.15) is 49.0 Å². The molecule has 1 aliphatic carbocycles. The zero-order valence-electron chi connectivity index (χ0n) is 13.5. The Bertz CT molecular complexity index is 462. The second-order valence-corrected chi connectivity index (χ2v) is 6.60. The van der Waals surface area contributed by atoms with Gasteiger partial charge < -0.3 is 10.6 Å². The van der Waals surface area contributed by atoms with E-state index in [1.807, 2.05) is 25.2 Å². The molecule has 3 nitrogen and oxygen atoms in total. The van der Waals surface area contributed by atoms with Crippen LogP contribution in [0.15, 0.2) is 24.3 Å². The van der Waals surface area contributed by atoms with Gasteiger partial charge in [-0.3, -0.25) is 4.79 Å². The molecule has 0 aromatic heterocycles. The number of likely N-dealkylation sites (N-methyl/N-ethyl adjacent to an activating group) is 1. The second-order valence-electron chi connectivity index (χ2n) is 6.60. The monoisotopic (exact) mass is 288 g/mol. The van der Waals surface area contributed by atoms with Crippen LogP contribution >= 0.6 is 0 Å². The van der Waals surface area contributed by atoms with Crippen molar-refractivity contribution in [3.05, 3.63) is 35.4 Å². The molecule has 0 radical (unpaired) electrons. The number of rotatable bonds is 5. The first-order chi connectivity index (χ1) is 10.1. The minimum atomic E-state index is 0.0907. The fraction of sp³-hybridized carbons (Fsp3) is 0.611. The van der Waals surface area contributed by atoms with Crippen LogP contribution in [0, 0.1) is 11.8 Å². The van der Waals surface area contributed by atoms with Gasteiger partial charge in [-0.15, -0.1) is 0 Å². The number of nitrogens with one attached hydrogen (secondary N) is 2. The van der Waals surface area contributed by atoms with Crippen LogP contribution < -0.4 is 10.6 Å². The van der Waals surface area contributed by atoms with Crippen LogP contribution in [-0.2, 0) is 6.42 Å². The van der Waals surface area contributed by atoms with Crippen molar-refractivity contribution >= 4 is 5.91 Å². The molecule has 0 saturated heterocycles. The van der Waals surface area contributed by atoms with E-state index < -0.39 is 0 Å². The van der Waals surface area contributed by atoms with E-state index in [4.69, 9.17) is 0 Å². The highest BCUT2D eigenvalue weighted by atomic mass is 16.1. The number of carbonyl (C=O) groups is 1. The van der Waals surface area contributed by atoms with Crippen LogP contribution in [0.3, 0.4) is 0 Å². The molecule has 21 heavy (non-hydrogen) atoms. The highest BCUT2D eigenvalue weighted by molar-refractivity contribution is 5.95. The van der Waals surface area contributed by atoms with E-state index >= 15 is 0 Å². The molecule has 1 amide bonds. The number of amides is 1. The first-order valence-electron chi connectivity index (χ1n) is 8.13. The summed E-state index contributed by atoms with van der Waals surface area (Å²) in [4.78, 5) is 12.6. The molecular weight excluding hydrogens is 260 g/mol. The van der Waals surface area contributed by atoms with Crippen molar-refractivity contribution in [1.29, 1.82) is 0 Å². The Labute approximate surface area is 128 Å². The number of carbonyl (C=O) groups excluding carboxylic acids is 1. The van der Waals surface area contributed by atoms with Gasteiger partial charge in [-0.05, 0) is 62.7 Å². The molecule has 1 fully saturated rings. The van der Waals surface area contributed by atoms with E-state index in [1.54, 1.807) is 0 Å². The molecule has 2 N–H and O–H groups in total. The van der Waals surface area contributed by atoms with E-state index in [0.29, 0.717) is 17.9 Å². The van der Waals surface area contributed by atoms with Gasteiger partial charge in [-0.1, -0.05) is 32.0 Å². The van der Waals surface area contributed by atoms with Gasteiger partial charge in [0.05, 0.1) is 0 Å². The van der Waals surface area contributed by atoms with Gasteiger partial charge >= 0.3 is 0 Å². The molecule has 0 heterocycles. The molecule has 116 valence electrons. The van der Waals surface area contributed by atoms with Crippen molar-refractivity contribution in [2.45, 2.75) is 45.6 Å². The molecule has 1 aromatic carbocycles. The van der Waals surface area contributed by atoms with E-state index in [-0.39, 0.29) is 5.91 Å². The van der Waals surface area contributed by atoms with Gasteiger partial charge in [0, 0.05) is 11.6 Å². The molecule has 1 aliphatic rings. The lowest BCUT2D eigenvalue weighted by atomic mass is 9.80. The summed E-state index contributed by atoms with van der Waals surface area (Å²) >= 11 is 0. The molecule has 2 rings (SSSR count). The van der Waals surface area contributed by atoms with Gasteiger partial charge in [0.25, 0.3) is 5.91 Å². The zero-order valence-corrected chi connectivity index (χ0v) is 13.5. The third-order valence-corrected chi connectivity index (χ3v) is 4.42. The maximum atomic E-state index is 12.6. The summed E-state index contributed by atoms with van der Waals surface area (Å²) in [5.41, 5.74) is 1.96. The zero-order chi connectivity index (χ0) is 15.2. The average molecular weight is 288 g/mol. The quantitative estimate of drug-likeness (QED) is 0.874. The van der Waals surface area contributed by atoms with Gasteiger partial charge in [0.15, 0.2) is 0 Å². The van der Waals surface area contributed by atoms with E-state index in [2.05, 4.69) is 30.5 Å². The highest BCUT2D eigenvalue weighted by Gasteiger charge is 2.25. The van der Waals surface area contributed by atoms with Gasteiger partial charge in [0.1, 0.15) is 0 Å². The Morgan fingerprint density at radius 3 is 2.48 bits per heavy atom. The van der Waals surface area contributed by atoms with Crippen molar-refractivity contribution in [3.63, 3.8) is 0 Å². The molecule has 0 bridgehead atoms. The molecule has 1 saturated carbocycles. The Morgan fingerprint density at radius 1 is 1.14 bits per heavy atom. The molecule has 2 unspecified atom stereocenters. The van der Waals surface area contributed by atoms with Crippen LogP contribution in [0.5, 0.6) is 0 Å². The molecule has 2 atom stereocenters. The predicted octanol–water partition coefficient (Wildman–Crippen LogP) is 3.00. The maximum Gasteiger partial charge on any atom is 0.251 e. The predicted molar refractivity (Wildman–Crippen MR) is 87.5 cm³/mol. The van der Waals surface area contributed by atoms with Crippen LogP contribution in [0.2, 0.25) is 0 Å². The lowest BCUT2D eigenvalue weighted by Gasteiger charge is -2.32.